The summed E-state index contributed by atoms with van der Waals surface area (Å²) in [5.41, 5.74) is 4.36. The van der Waals surface area contributed by atoms with Crippen LogP contribution in [-0.4, -0.2) is 39.3 Å². The van der Waals surface area contributed by atoms with Crippen molar-refractivity contribution in [1.82, 2.24) is 9.97 Å². The average molecular weight is 594 g/mol. The fourth-order valence-electron chi connectivity index (χ4n) is 4.12. The Hall–Kier alpha value is -4.29. The summed E-state index contributed by atoms with van der Waals surface area (Å²) in [7, 11) is -8.07. The van der Waals surface area contributed by atoms with Gasteiger partial charge in [0, 0.05) is 17.1 Å². The summed E-state index contributed by atoms with van der Waals surface area (Å²) >= 11 is 0. The molecular weight excluding hydrogens is 562 g/mol. The van der Waals surface area contributed by atoms with Crippen LogP contribution in [0.25, 0.3) is 0 Å². The average Bonchev–Trinajstić information content (AvgIpc) is 2.88. The zero-order chi connectivity index (χ0) is 29.9. The third-order valence-electron chi connectivity index (χ3n) is 6.19. The van der Waals surface area contributed by atoms with E-state index in [-0.39, 0.29) is 15.7 Å². The molecule has 0 fully saturated rings. The summed E-state index contributed by atoms with van der Waals surface area (Å²) < 4.78 is 56.5. The van der Waals surface area contributed by atoms with Gasteiger partial charge in [0.05, 0.1) is 15.5 Å². The van der Waals surface area contributed by atoms with Crippen LogP contribution in [0.4, 0.5) is 17.3 Å². The molecular formula is C29H31N5O5S2. The number of rotatable bonds is 9. The van der Waals surface area contributed by atoms with Crippen LogP contribution in [-0.2, 0) is 24.8 Å². The fourth-order valence-corrected chi connectivity index (χ4v) is 6.55. The van der Waals surface area contributed by atoms with Gasteiger partial charge in [-0.3, -0.25) is 9.10 Å². The van der Waals surface area contributed by atoms with Gasteiger partial charge in [-0.25, -0.2) is 31.5 Å². The number of benzene rings is 3. The van der Waals surface area contributed by atoms with Crippen molar-refractivity contribution in [3.05, 3.63) is 101 Å². The molecule has 214 valence electrons. The molecule has 1 aromatic heterocycles. The molecule has 1 heterocycles. The molecule has 1 amide bonds. The smallest absolute Gasteiger partial charge is 0.264 e. The van der Waals surface area contributed by atoms with E-state index in [1.54, 1.807) is 51.1 Å². The lowest BCUT2D eigenvalue weighted by molar-refractivity contribution is -0.114. The van der Waals surface area contributed by atoms with E-state index in [9.17, 15) is 21.6 Å². The number of carbonyl (C=O) groups is 1. The molecule has 10 nitrogen and oxygen atoms in total. The maximum atomic E-state index is 13.7. The number of hydrogen-bond donors (Lipinski definition) is 2. The highest BCUT2D eigenvalue weighted by molar-refractivity contribution is 7.93. The summed E-state index contributed by atoms with van der Waals surface area (Å²) in [5.74, 6) is -0.639. The Balaban J connectivity index is 1.56. The lowest BCUT2D eigenvalue weighted by Gasteiger charge is -2.26. The van der Waals surface area contributed by atoms with E-state index in [2.05, 4.69) is 20.0 Å². The Kier molecular flexibility index (Phi) is 8.45. The van der Waals surface area contributed by atoms with Crippen LogP contribution < -0.4 is 14.3 Å². The molecule has 0 aliphatic carbocycles. The van der Waals surface area contributed by atoms with Crippen molar-refractivity contribution in [3.63, 3.8) is 0 Å². The molecule has 0 saturated carbocycles. The number of amides is 1. The number of nitrogens with one attached hydrogen (secondary N) is 2. The lowest BCUT2D eigenvalue weighted by Crippen LogP contribution is -2.38. The van der Waals surface area contributed by atoms with Crippen LogP contribution >= 0.6 is 0 Å². The maximum absolute atomic E-state index is 13.7. The maximum Gasteiger partial charge on any atom is 0.264 e. The van der Waals surface area contributed by atoms with Gasteiger partial charge in [-0.2, -0.15) is 0 Å². The van der Waals surface area contributed by atoms with Crippen LogP contribution in [0.3, 0.4) is 0 Å². The highest BCUT2D eigenvalue weighted by Gasteiger charge is 2.28. The summed E-state index contributed by atoms with van der Waals surface area (Å²) in [6.45, 7) is 8.45. The zero-order valence-corrected chi connectivity index (χ0v) is 25.0. The minimum absolute atomic E-state index is 0.0406. The van der Waals surface area contributed by atoms with E-state index in [0.29, 0.717) is 28.3 Å². The molecule has 0 aliphatic rings. The highest BCUT2D eigenvalue weighted by Crippen LogP contribution is 2.28. The van der Waals surface area contributed by atoms with Crippen molar-refractivity contribution in [2.45, 2.75) is 44.4 Å². The third-order valence-corrected chi connectivity index (χ3v) is 9.30. The molecule has 2 N–H and O–H groups in total. The van der Waals surface area contributed by atoms with Crippen LogP contribution in [0.1, 0.15) is 28.1 Å². The number of sulfonamides is 2. The molecule has 0 radical (unpaired) electrons. The number of carbonyl (C=O) groups excluding carboxylic acids is 1. The number of aryl methyl sites for hydroxylation is 5. The Bertz CT molecular complexity index is 1790. The topological polar surface area (TPSA) is 138 Å². The van der Waals surface area contributed by atoms with E-state index in [0.717, 1.165) is 15.4 Å². The third kappa shape index (κ3) is 7.08. The molecule has 3 aromatic carbocycles. The number of anilines is 3. The number of nitrogens with zero attached hydrogens (tertiary/aromatic N) is 3. The van der Waals surface area contributed by atoms with Crippen LogP contribution in [0.15, 0.2) is 82.6 Å². The summed E-state index contributed by atoms with van der Waals surface area (Å²) in [5, 5.41) is 2.67. The second-order valence-electron chi connectivity index (χ2n) is 9.77. The quantitative estimate of drug-likeness (QED) is 0.288. The van der Waals surface area contributed by atoms with Gasteiger partial charge in [-0.1, -0.05) is 29.8 Å². The SMILES string of the molecule is Cc1ccc(S(=O)(=O)N(CC(=O)Nc2ccc(S(=O)(=O)Nc3nc(C)cc(C)n3)cc2)c2cc(C)ccc2C)cc1. The summed E-state index contributed by atoms with van der Waals surface area (Å²) in [6.07, 6.45) is 0. The molecule has 0 aliphatic heterocycles. The Labute approximate surface area is 240 Å². The molecule has 0 bridgehead atoms. The molecule has 4 aromatic rings. The van der Waals surface area contributed by atoms with Crippen molar-refractivity contribution in [2.75, 3.05) is 20.9 Å². The molecule has 0 atom stereocenters. The highest BCUT2D eigenvalue weighted by atomic mass is 32.2. The first-order chi connectivity index (χ1) is 19.2. The predicted molar refractivity (Wildman–Crippen MR) is 159 cm³/mol. The van der Waals surface area contributed by atoms with Gasteiger partial charge in [0.25, 0.3) is 20.0 Å². The minimum atomic E-state index is -4.09. The second kappa shape index (κ2) is 11.7. The standard InChI is InChI=1S/C29H31N5O5S2/c1-19-7-12-26(13-8-19)41(38,39)34(27-16-20(2)6-9-21(27)3)18-28(35)32-24-10-14-25(15-11-24)40(36,37)33-29-30-22(4)17-23(5)31-29/h6-17H,18H2,1-5H3,(H,32,35)(H,30,31,33). The molecule has 41 heavy (non-hydrogen) atoms. The zero-order valence-electron chi connectivity index (χ0n) is 23.3. The lowest BCUT2D eigenvalue weighted by atomic mass is 10.1. The van der Waals surface area contributed by atoms with Crippen molar-refractivity contribution < 1.29 is 21.6 Å². The van der Waals surface area contributed by atoms with Gasteiger partial charge in [0.15, 0.2) is 0 Å². The van der Waals surface area contributed by atoms with Gasteiger partial charge in [0.2, 0.25) is 11.9 Å². The van der Waals surface area contributed by atoms with Crippen molar-refractivity contribution in [2.24, 2.45) is 0 Å². The Morgan fingerprint density at radius 1 is 0.732 bits per heavy atom. The van der Waals surface area contributed by atoms with Crippen molar-refractivity contribution in [3.8, 4) is 0 Å². The van der Waals surface area contributed by atoms with E-state index in [1.165, 1.54) is 36.4 Å². The monoisotopic (exact) mass is 593 g/mol. The minimum Gasteiger partial charge on any atom is -0.325 e. The van der Waals surface area contributed by atoms with Gasteiger partial charge in [0.1, 0.15) is 6.54 Å². The Morgan fingerprint density at radius 2 is 1.29 bits per heavy atom. The van der Waals surface area contributed by atoms with Crippen LogP contribution in [0, 0.1) is 34.6 Å². The van der Waals surface area contributed by atoms with E-state index in [4.69, 9.17) is 0 Å². The fraction of sp³-hybridized carbons (Fsp3) is 0.207. The summed E-state index contributed by atoms with van der Waals surface area (Å²) in [4.78, 5) is 21.3. The normalized spacial score (nSPS) is 11.6. The molecule has 12 heteroatoms. The van der Waals surface area contributed by atoms with Crippen molar-refractivity contribution in [1.29, 1.82) is 0 Å². The predicted octanol–water partition coefficient (Wildman–Crippen LogP) is 4.65. The van der Waals surface area contributed by atoms with E-state index in [1.807, 2.05) is 19.9 Å². The van der Waals surface area contributed by atoms with Crippen LogP contribution in [0.5, 0.6) is 0 Å². The Morgan fingerprint density at radius 3 is 1.90 bits per heavy atom. The largest absolute Gasteiger partial charge is 0.325 e. The molecule has 4 rings (SSSR count). The first-order valence-corrected chi connectivity index (χ1v) is 15.6. The first kappa shape index (κ1) is 29.7. The molecule has 0 spiro atoms. The molecule has 0 saturated heterocycles. The van der Waals surface area contributed by atoms with Crippen molar-refractivity contribution >= 4 is 43.3 Å². The first-order valence-electron chi connectivity index (χ1n) is 12.7. The number of aromatic nitrogens is 2. The van der Waals surface area contributed by atoms with Gasteiger partial charge in [-0.15, -0.1) is 0 Å². The second-order valence-corrected chi connectivity index (χ2v) is 13.3. The van der Waals surface area contributed by atoms with Gasteiger partial charge >= 0.3 is 0 Å². The van der Waals surface area contributed by atoms with E-state index >= 15 is 0 Å². The van der Waals surface area contributed by atoms with Gasteiger partial charge < -0.3 is 5.32 Å². The number of hydrogen-bond acceptors (Lipinski definition) is 7. The van der Waals surface area contributed by atoms with Gasteiger partial charge in [-0.05, 0) is 94.3 Å². The molecule has 0 unspecified atom stereocenters. The summed E-state index contributed by atoms with van der Waals surface area (Å²) in [6, 6.07) is 19.0. The van der Waals surface area contributed by atoms with E-state index < -0.39 is 32.5 Å². The van der Waals surface area contributed by atoms with Crippen LogP contribution in [0.2, 0.25) is 0 Å².